The molecule has 1 aliphatic heterocycles. The summed E-state index contributed by atoms with van der Waals surface area (Å²) < 4.78 is 0. The molecule has 1 saturated carbocycles. The van der Waals surface area contributed by atoms with Crippen molar-refractivity contribution < 1.29 is 5.11 Å². The summed E-state index contributed by atoms with van der Waals surface area (Å²) in [4.78, 5) is 5.12. The largest absolute Gasteiger partial charge is 0.394 e. The molecule has 0 bridgehead atoms. The minimum absolute atomic E-state index is 0.0258. The number of likely N-dealkylation sites (N-methyl/N-ethyl adjacent to an activating group) is 1. The summed E-state index contributed by atoms with van der Waals surface area (Å²) >= 11 is 0. The lowest BCUT2D eigenvalue weighted by molar-refractivity contribution is 0.0101. The molecular weight excluding hydrogens is 250 g/mol. The SMILES string of the molecule is CCCNC1(CO)CCCC(N2CCN(C)CC2C)C1. The van der Waals surface area contributed by atoms with E-state index in [2.05, 4.69) is 36.0 Å². The highest BCUT2D eigenvalue weighted by Crippen LogP contribution is 2.32. The Morgan fingerprint density at radius 3 is 2.80 bits per heavy atom. The van der Waals surface area contributed by atoms with Gasteiger partial charge in [-0.05, 0) is 52.6 Å². The molecule has 2 fully saturated rings. The lowest BCUT2D eigenvalue weighted by Crippen LogP contribution is -2.60. The summed E-state index contributed by atoms with van der Waals surface area (Å²) in [5.41, 5.74) is -0.0258. The molecule has 0 aromatic carbocycles. The van der Waals surface area contributed by atoms with Crippen LogP contribution in [0.4, 0.5) is 0 Å². The third-order valence-electron chi connectivity index (χ3n) is 5.22. The molecular formula is C16H33N3O. The van der Waals surface area contributed by atoms with Gasteiger partial charge >= 0.3 is 0 Å². The zero-order valence-electron chi connectivity index (χ0n) is 13.6. The quantitative estimate of drug-likeness (QED) is 0.798. The molecule has 3 unspecified atom stereocenters. The van der Waals surface area contributed by atoms with Crippen molar-refractivity contribution in [2.24, 2.45) is 0 Å². The van der Waals surface area contributed by atoms with Crippen LogP contribution >= 0.6 is 0 Å². The second-order valence-electron chi connectivity index (χ2n) is 6.96. The molecule has 4 heteroatoms. The fourth-order valence-electron chi connectivity index (χ4n) is 4.06. The fraction of sp³-hybridized carbons (Fsp3) is 1.00. The van der Waals surface area contributed by atoms with Gasteiger partial charge in [-0.2, -0.15) is 0 Å². The van der Waals surface area contributed by atoms with E-state index in [1.54, 1.807) is 0 Å². The maximum absolute atomic E-state index is 9.90. The Morgan fingerprint density at radius 2 is 2.15 bits per heavy atom. The van der Waals surface area contributed by atoms with E-state index in [4.69, 9.17) is 0 Å². The second kappa shape index (κ2) is 7.21. The Bertz CT molecular complexity index is 299. The first-order chi connectivity index (χ1) is 9.60. The summed E-state index contributed by atoms with van der Waals surface area (Å²) in [7, 11) is 2.22. The van der Waals surface area contributed by atoms with Crippen molar-refractivity contribution in [1.82, 2.24) is 15.1 Å². The molecule has 0 aromatic heterocycles. The summed E-state index contributed by atoms with van der Waals surface area (Å²) in [6, 6.07) is 1.28. The summed E-state index contributed by atoms with van der Waals surface area (Å²) in [6.45, 7) is 9.38. The van der Waals surface area contributed by atoms with E-state index in [-0.39, 0.29) is 12.1 Å². The molecule has 0 spiro atoms. The van der Waals surface area contributed by atoms with Gasteiger partial charge in [-0.3, -0.25) is 4.90 Å². The van der Waals surface area contributed by atoms with Gasteiger partial charge in [0.25, 0.3) is 0 Å². The third-order valence-corrected chi connectivity index (χ3v) is 5.22. The van der Waals surface area contributed by atoms with E-state index < -0.39 is 0 Å². The molecule has 2 N–H and O–H groups in total. The van der Waals surface area contributed by atoms with Crippen LogP contribution in [0.3, 0.4) is 0 Å². The molecule has 1 saturated heterocycles. The van der Waals surface area contributed by atoms with Crippen LogP contribution in [-0.2, 0) is 0 Å². The van der Waals surface area contributed by atoms with Gasteiger partial charge in [0.2, 0.25) is 0 Å². The van der Waals surface area contributed by atoms with Gasteiger partial charge in [0.15, 0.2) is 0 Å². The third kappa shape index (κ3) is 3.73. The monoisotopic (exact) mass is 283 g/mol. The number of piperazine rings is 1. The molecule has 2 aliphatic rings. The number of hydrogen-bond acceptors (Lipinski definition) is 4. The Morgan fingerprint density at radius 1 is 1.35 bits per heavy atom. The zero-order chi connectivity index (χ0) is 14.6. The topological polar surface area (TPSA) is 38.7 Å². The van der Waals surface area contributed by atoms with E-state index in [1.807, 2.05) is 0 Å². The van der Waals surface area contributed by atoms with Crippen molar-refractivity contribution in [2.75, 3.05) is 39.8 Å². The Hall–Kier alpha value is -0.160. The fourth-order valence-corrected chi connectivity index (χ4v) is 4.06. The lowest BCUT2D eigenvalue weighted by atomic mass is 9.78. The van der Waals surface area contributed by atoms with Crippen LogP contribution in [0, 0.1) is 0 Å². The van der Waals surface area contributed by atoms with Crippen LogP contribution in [0.25, 0.3) is 0 Å². The summed E-state index contributed by atoms with van der Waals surface area (Å²) in [5, 5.41) is 13.5. The average molecular weight is 283 g/mol. The van der Waals surface area contributed by atoms with Crippen LogP contribution in [0.5, 0.6) is 0 Å². The lowest BCUT2D eigenvalue weighted by Gasteiger charge is -2.49. The van der Waals surface area contributed by atoms with Gasteiger partial charge in [0.1, 0.15) is 0 Å². The molecule has 3 atom stereocenters. The van der Waals surface area contributed by atoms with Crippen LogP contribution in [0.2, 0.25) is 0 Å². The number of nitrogens with zero attached hydrogens (tertiary/aromatic N) is 2. The van der Waals surface area contributed by atoms with Gasteiger partial charge in [-0.1, -0.05) is 6.92 Å². The zero-order valence-corrected chi connectivity index (χ0v) is 13.6. The first kappa shape index (κ1) is 16.2. The normalized spacial score (nSPS) is 37.2. The highest BCUT2D eigenvalue weighted by atomic mass is 16.3. The Balaban J connectivity index is 1.98. The maximum Gasteiger partial charge on any atom is 0.0613 e. The molecule has 20 heavy (non-hydrogen) atoms. The predicted molar refractivity (Wildman–Crippen MR) is 84.0 cm³/mol. The van der Waals surface area contributed by atoms with Crippen molar-refractivity contribution in [3.05, 3.63) is 0 Å². The first-order valence-electron chi connectivity index (χ1n) is 8.40. The summed E-state index contributed by atoms with van der Waals surface area (Å²) in [5.74, 6) is 0. The second-order valence-corrected chi connectivity index (χ2v) is 6.96. The molecule has 118 valence electrons. The number of nitrogens with one attached hydrogen (secondary N) is 1. The molecule has 1 heterocycles. The number of hydrogen-bond donors (Lipinski definition) is 2. The standard InChI is InChI=1S/C16H33N3O/c1-4-8-17-16(13-20)7-5-6-15(11-16)19-10-9-18(3)12-14(19)2/h14-15,17,20H,4-13H2,1-3H3. The average Bonchev–Trinajstić information content (AvgIpc) is 2.45. The van der Waals surface area contributed by atoms with E-state index in [9.17, 15) is 5.11 Å². The van der Waals surface area contributed by atoms with Crippen molar-refractivity contribution >= 4 is 0 Å². The molecule has 0 amide bonds. The molecule has 0 aromatic rings. The number of aliphatic hydroxyl groups is 1. The smallest absolute Gasteiger partial charge is 0.0613 e. The van der Waals surface area contributed by atoms with Gasteiger partial charge in [0.05, 0.1) is 6.61 Å². The highest BCUT2D eigenvalue weighted by Gasteiger charge is 2.39. The first-order valence-corrected chi connectivity index (χ1v) is 8.40. The van der Waals surface area contributed by atoms with E-state index in [1.165, 1.54) is 32.5 Å². The summed E-state index contributed by atoms with van der Waals surface area (Å²) in [6.07, 6.45) is 5.90. The van der Waals surface area contributed by atoms with E-state index in [0.717, 1.165) is 25.8 Å². The number of rotatable bonds is 5. The predicted octanol–water partition coefficient (Wildman–Crippen LogP) is 1.30. The van der Waals surface area contributed by atoms with E-state index >= 15 is 0 Å². The van der Waals surface area contributed by atoms with Crippen molar-refractivity contribution in [3.8, 4) is 0 Å². The highest BCUT2D eigenvalue weighted by molar-refractivity contribution is 4.98. The van der Waals surface area contributed by atoms with Crippen molar-refractivity contribution in [2.45, 2.75) is 63.6 Å². The minimum atomic E-state index is -0.0258. The van der Waals surface area contributed by atoms with Gasteiger partial charge in [-0.15, -0.1) is 0 Å². The van der Waals surface area contributed by atoms with Gasteiger partial charge in [0, 0.05) is 37.3 Å². The minimum Gasteiger partial charge on any atom is -0.394 e. The van der Waals surface area contributed by atoms with Gasteiger partial charge in [-0.25, -0.2) is 0 Å². The Kier molecular flexibility index (Phi) is 5.84. The van der Waals surface area contributed by atoms with Crippen LogP contribution in [0.1, 0.15) is 46.0 Å². The molecule has 4 nitrogen and oxygen atoms in total. The van der Waals surface area contributed by atoms with E-state index in [0.29, 0.717) is 12.1 Å². The molecule has 2 rings (SSSR count). The Labute approximate surface area is 124 Å². The van der Waals surface area contributed by atoms with Gasteiger partial charge < -0.3 is 15.3 Å². The van der Waals surface area contributed by atoms with Crippen LogP contribution in [0.15, 0.2) is 0 Å². The van der Waals surface area contributed by atoms with Crippen molar-refractivity contribution in [1.29, 1.82) is 0 Å². The van der Waals surface area contributed by atoms with Crippen molar-refractivity contribution in [3.63, 3.8) is 0 Å². The molecule has 1 aliphatic carbocycles. The molecule has 0 radical (unpaired) electrons. The number of aliphatic hydroxyl groups excluding tert-OH is 1. The maximum atomic E-state index is 9.90. The van der Waals surface area contributed by atoms with Crippen LogP contribution in [-0.4, -0.2) is 72.4 Å². The van der Waals surface area contributed by atoms with Crippen LogP contribution < -0.4 is 5.32 Å².